The molecule has 1 atom stereocenters. The van der Waals surface area contributed by atoms with Crippen LogP contribution >= 0.6 is 0 Å². The summed E-state index contributed by atoms with van der Waals surface area (Å²) in [6, 6.07) is 0. The van der Waals surface area contributed by atoms with Crippen LogP contribution in [-0.2, 0) is 28.6 Å². The number of rotatable bonds is 45. The Labute approximate surface area is 353 Å². The Morgan fingerprint density at radius 3 is 0.912 bits per heavy atom. The van der Waals surface area contributed by atoms with Gasteiger partial charge in [-0.2, -0.15) is 0 Å². The molecule has 1 unspecified atom stereocenters. The lowest BCUT2D eigenvalue weighted by molar-refractivity contribution is -0.167. The van der Waals surface area contributed by atoms with Crippen molar-refractivity contribution in [2.75, 3.05) is 13.2 Å². The molecule has 0 aliphatic carbocycles. The van der Waals surface area contributed by atoms with Gasteiger partial charge in [0, 0.05) is 19.3 Å². The second-order valence-electron chi connectivity index (χ2n) is 16.7. The second-order valence-corrected chi connectivity index (χ2v) is 16.7. The van der Waals surface area contributed by atoms with E-state index in [4.69, 9.17) is 14.2 Å². The fourth-order valence-electron chi connectivity index (χ4n) is 7.14. The summed E-state index contributed by atoms with van der Waals surface area (Å²) in [5, 5.41) is 0. The third kappa shape index (κ3) is 44.8. The summed E-state index contributed by atoms with van der Waals surface area (Å²) in [7, 11) is 0. The van der Waals surface area contributed by atoms with Crippen molar-refractivity contribution < 1.29 is 28.6 Å². The van der Waals surface area contributed by atoms with E-state index in [9.17, 15) is 14.4 Å². The lowest BCUT2D eigenvalue weighted by Crippen LogP contribution is -2.30. The van der Waals surface area contributed by atoms with Crippen molar-refractivity contribution in [1.29, 1.82) is 0 Å². The number of carbonyl (C=O) groups is 3. The highest BCUT2D eigenvalue weighted by Crippen LogP contribution is 2.15. The van der Waals surface area contributed by atoms with Gasteiger partial charge in [-0.3, -0.25) is 14.4 Å². The molecule has 0 radical (unpaired) electrons. The fraction of sp³-hybridized carbons (Fsp3) is 0.863. The number of carbonyl (C=O) groups excluding carboxylic acids is 3. The van der Waals surface area contributed by atoms with Crippen LogP contribution in [0.15, 0.2) is 24.3 Å². The van der Waals surface area contributed by atoms with E-state index in [1.165, 1.54) is 161 Å². The standard InChI is InChI=1S/C51H94O6/c1-4-7-10-13-16-19-21-23-24-25-26-27-28-29-31-32-35-38-41-44-50(53)56-47-48(46-55-49(52)43-40-37-34-18-15-12-9-6-3)57-51(54)45-42-39-36-33-30-22-20-17-14-11-8-5-2/h17,20,23-24,48H,4-16,18-19,21-22,25-47H2,1-3H3/b20-17-,24-23-. The van der Waals surface area contributed by atoms with Crippen molar-refractivity contribution in [3.8, 4) is 0 Å². The van der Waals surface area contributed by atoms with Crippen molar-refractivity contribution >= 4 is 17.9 Å². The normalized spacial score (nSPS) is 12.1. The van der Waals surface area contributed by atoms with Gasteiger partial charge in [0.25, 0.3) is 0 Å². The first-order chi connectivity index (χ1) is 28.0. The topological polar surface area (TPSA) is 78.9 Å². The molecule has 0 aromatic carbocycles. The minimum Gasteiger partial charge on any atom is -0.462 e. The van der Waals surface area contributed by atoms with Crippen molar-refractivity contribution in [2.45, 2.75) is 271 Å². The fourth-order valence-corrected chi connectivity index (χ4v) is 7.14. The molecule has 0 aromatic heterocycles. The van der Waals surface area contributed by atoms with Gasteiger partial charge in [0.15, 0.2) is 6.10 Å². The molecule has 0 aromatic rings. The molecule has 0 aliphatic heterocycles. The molecule has 0 bridgehead atoms. The van der Waals surface area contributed by atoms with Crippen molar-refractivity contribution in [3.05, 3.63) is 24.3 Å². The summed E-state index contributed by atoms with van der Waals surface area (Å²) in [5.41, 5.74) is 0. The van der Waals surface area contributed by atoms with Crippen LogP contribution in [0.3, 0.4) is 0 Å². The maximum atomic E-state index is 12.7. The molecule has 0 N–H and O–H groups in total. The highest BCUT2D eigenvalue weighted by molar-refractivity contribution is 5.71. The Kier molecular flexibility index (Phi) is 44.9. The van der Waals surface area contributed by atoms with Gasteiger partial charge >= 0.3 is 17.9 Å². The van der Waals surface area contributed by atoms with Gasteiger partial charge in [0.1, 0.15) is 13.2 Å². The van der Waals surface area contributed by atoms with Crippen LogP contribution in [0.5, 0.6) is 0 Å². The minimum atomic E-state index is -0.769. The van der Waals surface area contributed by atoms with E-state index in [2.05, 4.69) is 45.1 Å². The van der Waals surface area contributed by atoms with Crippen LogP contribution in [0.4, 0.5) is 0 Å². The van der Waals surface area contributed by atoms with Crippen LogP contribution in [0.25, 0.3) is 0 Å². The molecule has 0 rings (SSSR count). The summed E-state index contributed by atoms with van der Waals surface area (Å²) in [6.45, 7) is 6.59. The molecule has 0 aliphatic rings. The predicted molar refractivity (Wildman–Crippen MR) is 243 cm³/mol. The largest absolute Gasteiger partial charge is 0.462 e. The molecule has 0 spiro atoms. The van der Waals surface area contributed by atoms with E-state index >= 15 is 0 Å². The average molecular weight is 803 g/mol. The molecular weight excluding hydrogens is 709 g/mol. The zero-order valence-electron chi connectivity index (χ0n) is 38.1. The first-order valence-corrected chi connectivity index (χ1v) is 24.8. The molecular formula is C51H94O6. The number of hydrogen-bond donors (Lipinski definition) is 0. The molecule has 0 fully saturated rings. The molecule has 0 heterocycles. The van der Waals surface area contributed by atoms with Gasteiger partial charge in [-0.15, -0.1) is 0 Å². The zero-order chi connectivity index (χ0) is 41.5. The molecule has 57 heavy (non-hydrogen) atoms. The first kappa shape index (κ1) is 54.9. The lowest BCUT2D eigenvalue weighted by atomic mass is 10.1. The van der Waals surface area contributed by atoms with Gasteiger partial charge in [-0.05, 0) is 70.6 Å². The minimum absolute atomic E-state index is 0.0726. The highest BCUT2D eigenvalue weighted by Gasteiger charge is 2.19. The summed E-state index contributed by atoms with van der Waals surface area (Å²) in [4.78, 5) is 37.7. The SMILES string of the molecule is CCCCC/C=C\CCCCCCCC(=O)OC(COC(=O)CCCCCCCCCC)COC(=O)CCCCCCCCCCC/C=C\CCCCCCCC. The molecule has 0 saturated heterocycles. The van der Waals surface area contributed by atoms with Crippen LogP contribution in [0.1, 0.15) is 265 Å². The van der Waals surface area contributed by atoms with E-state index in [0.29, 0.717) is 19.3 Å². The molecule has 6 nitrogen and oxygen atoms in total. The smallest absolute Gasteiger partial charge is 0.306 e. The van der Waals surface area contributed by atoms with Gasteiger partial charge in [0.2, 0.25) is 0 Å². The number of allylic oxidation sites excluding steroid dienone is 4. The third-order valence-corrected chi connectivity index (χ3v) is 10.9. The van der Waals surface area contributed by atoms with Crippen LogP contribution in [-0.4, -0.2) is 37.2 Å². The molecule has 0 saturated carbocycles. The van der Waals surface area contributed by atoms with Crippen LogP contribution in [0.2, 0.25) is 0 Å². The Morgan fingerprint density at radius 2 is 0.579 bits per heavy atom. The van der Waals surface area contributed by atoms with E-state index < -0.39 is 6.10 Å². The lowest BCUT2D eigenvalue weighted by Gasteiger charge is -2.18. The van der Waals surface area contributed by atoms with Crippen molar-refractivity contribution in [1.82, 2.24) is 0 Å². The summed E-state index contributed by atoms with van der Waals surface area (Å²) in [6.07, 6.45) is 51.7. The summed E-state index contributed by atoms with van der Waals surface area (Å²) >= 11 is 0. The maximum Gasteiger partial charge on any atom is 0.306 e. The Hall–Kier alpha value is -2.11. The Bertz CT molecular complexity index is 927. The maximum absolute atomic E-state index is 12.7. The van der Waals surface area contributed by atoms with Crippen molar-refractivity contribution in [3.63, 3.8) is 0 Å². The Morgan fingerprint density at radius 1 is 0.333 bits per heavy atom. The monoisotopic (exact) mass is 803 g/mol. The molecule has 6 heteroatoms. The predicted octanol–water partition coefficient (Wildman–Crippen LogP) is 16.0. The summed E-state index contributed by atoms with van der Waals surface area (Å²) in [5.74, 6) is -0.880. The first-order valence-electron chi connectivity index (χ1n) is 24.8. The number of hydrogen-bond acceptors (Lipinski definition) is 6. The average Bonchev–Trinajstić information content (AvgIpc) is 3.21. The number of ether oxygens (including phenoxy) is 3. The van der Waals surface area contributed by atoms with E-state index in [-0.39, 0.29) is 31.1 Å². The Balaban J connectivity index is 4.24. The molecule has 334 valence electrons. The van der Waals surface area contributed by atoms with Gasteiger partial charge in [0.05, 0.1) is 0 Å². The zero-order valence-corrected chi connectivity index (χ0v) is 38.1. The van der Waals surface area contributed by atoms with Gasteiger partial charge < -0.3 is 14.2 Å². The van der Waals surface area contributed by atoms with Gasteiger partial charge in [-0.25, -0.2) is 0 Å². The van der Waals surface area contributed by atoms with E-state index in [1.807, 2.05) is 0 Å². The quantitative estimate of drug-likeness (QED) is 0.0264. The summed E-state index contributed by atoms with van der Waals surface area (Å²) < 4.78 is 16.7. The van der Waals surface area contributed by atoms with Gasteiger partial charge in [-0.1, -0.05) is 199 Å². The van der Waals surface area contributed by atoms with E-state index in [0.717, 1.165) is 64.2 Å². The van der Waals surface area contributed by atoms with Crippen LogP contribution < -0.4 is 0 Å². The van der Waals surface area contributed by atoms with Crippen LogP contribution in [0, 0.1) is 0 Å². The third-order valence-electron chi connectivity index (χ3n) is 10.9. The van der Waals surface area contributed by atoms with E-state index in [1.54, 1.807) is 0 Å². The second kappa shape index (κ2) is 46.6. The molecule has 0 amide bonds. The van der Waals surface area contributed by atoms with Crippen molar-refractivity contribution in [2.24, 2.45) is 0 Å². The highest BCUT2D eigenvalue weighted by atomic mass is 16.6. The number of esters is 3. The number of unbranched alkanes of at least 4 members (excludes halogenated alkanes) is 30.